The van der Waals surface area contributed by atoms with E-state index in [-0.39, 0.29) is 0 Å². The number of aryl methyl sites for hydroxylation is 1. The summed E-state index contributed by atoms with van der Waals surface area (Å²) in [5.41, 5.74) is 0. The maximum absolute atomic E-state index is 5.69. The van der Waals surface area contributed by atoms with Gasteiger partial charge in [0.05, 0.1) is 0 Å². The molecule has 0 aliphatic carbocycles. The summed E-state index contributed by atoms with van der Waals surface area (Å²) in [5, 5.41) is 3.36. The number of hydrogen-bond donors (Lipinski definition) is 1. The van der Waals surface area contributed by atoms with Crippen molar-refractivity contribution in [2.24, 2.45) is 0 Å². The molecule has 0 aliphatic heterocycles. The van der Waals surface area contributed by atoms with E-state index in [2.05, 4.69) is 31.3 Å². The summed E-state index contributed by atoms with van der Waals surface area (Å²) in [5.74, 6) is 0.673. The van der Waals surface area contributed by atoms with Gasteiger partial charge < -0.3 is 5.32 Å². The number of hydrogen-bond acceptors (Lipinski definition) is 2. The average molecular weight is 218 g/mol. The summed E-state index contributed by atoms with van der Waals surface area (Å²) in [4.78, 5) is 2.85. The largest absolute Gasteiger partial charge is 0.308 e. The number of halogens is 1. The third kappa shape index (κ3) is 3.67. The van der Waals surface area contributed by atoms with E-state index in [0.29, 0.717) is 11.9 Å². The molecule has 0 aromatic carbocycles. The van der Waals surface area contributed by atoms with Crippen molar-refractivity contribution < 1.29 is 0 Å². The van der Waals surface area contributed by atoms with Crippen LogP contribution in [-0.2, 0) is 13.0 Å². The minimum absolute atomic E-state index is 0.397. The van der Waals surface area contributed by atoms with Crippen molar-refractivity contribution in [1.29, 1.82) is 0 Å². The minimum atomic E-state index is 0.397. The zero-order valence-corrected chi connectivity index (χ0v) is 9.71. The SMILES string of the molecule is CCc1ccc(CNC(C)CCl)s1. The monoisotopic (exact) mass is 217 g/mol. The van der Waals surface area contributed by atoms with Gasteiger partial charge in [0.15, 0.2) is 0 Å². The molecule has 3 heteroatoms. The molecule has 0 fully saturated rings. The second-order valence-electron chi connectivity index (χ2n) is 3.16. The van der Waals surface area contributed by atoms with Gasteiger partial charge in [-0.15, -0.1) is 22.9 Å². The summed E-state index contributed by atoms with van der Waals surface area (Å²) in [6.45, 7) is 5.23. The van der Waals surface area contributed by atoms with Gasteiger partial charge in [-0.2, -0.15) is 0 Å². The normalized spacial score (nSPS) is 13.2. The number of thiophene rings is 1. The molecule has 1 unspecified atom stereocenters. The Labute approximate surface area is 89.1 Å². The van der Waals surface area contributed by atoms with Gasteiger partial charge in [0.2, 0.25) is 0 Å². The van der Waals surface area contributed by atoms with Gasteiger partial charge in [-0.3, -0.25) is 0 Å². The summed E-state index contributed by atoms with van der Waals surface area (Å²) < 4.78 is 0. The lowest BCUT2D eigenvalue weighted by Crippen LogP contribution is -2.26. The molecule has 0 saturated heterocycles. The van der Waals surface area contributed by atoms with E-state index in [1.165, 1.54) is 9.75 Å². The average Bonchev–Trinajstić information content (AvgIpc) is 2.61. The standard InChI is InChI=1S/C10H16ClNS/c1-3-9-4-5-10(13-9)7-12-8(2)6-11/h4-5,8,12H,3,6-7H2,1-2H3. The van der Waals surface area contributed by atoms with Gasteiger partial charge in [0.1, 0.15) is 0 Å². The fourth-order valence-corrected chi connectivity index (χ4v) is 2.05. The lowest BCUT2D eigenvalue weighted by atomic mass is 10.3. The first-order valence-corrected chi connectivity index (χ1v) is 5.98. The highest BCUT2D eigenvalue weighted by Gasteiger charge is 2.01. The predicted molar refractivity (Wildman–Crippen MR) is 60.7 cm³/mol. The Morgan fingerprint density at radius 3 is 2.69 bits per heavy atom. The molecule has 1 heterocycles. The highest BCUT2D eigenvalue weighted by molar-refractivity contribution is 7.11. The van der Waals surface area contributed by atoms with Crippen LogP contribution < -0.4 is 5.32 Å². The predicted octanol–water partition coefficient (Wildman–Crippen LogP) is 3.03. The lowest BCUT2D eigenvalue weighted by Gasteiger charge is -2.08. The van der Waals surface area contributed by atoms with E-state index < -0.39 is 0 Å². The number of rotatable bonds is 5. The molecule has 1 aromatic rings. The molecule has 74 valence electrons. The van der Waals surface area contributed by atoms with Crippen molar-refractivity contribution in [1.82, 2.24) is 5.32 Å². The molecule has 1 N–H and O–H groups in total. The first-order valence-electron chi connectivity index (χ1n) is 4.63. The van der Waals surface area contributed by atoms with Crippen LogP contribution >= 0.6 is 22.9 Å². The molecule has 1 rings (SSSR count). The molecule has 1 atom stereocenters. The molecule has 0 radical (unpaired) electrons. The van der Waals surface area contributed by atoms with Gasteiger partial charge in [-0.1, -0.05) is 6.92 Å². The molecular formula is C10H16ClNS. The van der Waals surface area contributed by atoms with Gasteiger partial charge in [-0.25, -0.2) is 0 Å². The maximum atomic E-state index is 5.69. The highest BCUT2D eigenvalue weighted by Crippen LogP contribution is 2.16. The molecule has 0 saturated carbocycles. The first kappa shape index (κ1) is 11.0. The molecule has 13 heavy (non-hydrogen) atoms. The molecule has 1 nitrogen and oxygen atoms in total. The van der Waals surface area contributed by atoms with Crippen molar-refractivity contribution in [3.8, 4) is 0 Å². The Morgan fingerprint density at radius 1 is 1.46 bits per heavy atom. The fraction of sp³-hybridized carbons (Fsp3) is 0.600. The van der Waals surface area contributed by atoms with Crippen LogP contribution in [0.5, 0.6) is 0 Å². The molecule has 0 amide bonds. The van der Waals surface area contributed by atoms with Crippen LogP contribution in [0.1, 0.15) is 23.6 Å². The second-order valence-corrected chi connectivity index (χ2v) is 4.72. The quantitative estimate of drug-likeness (QED) is 0.748. The fourth-order valence-electron chi connectivity index (χ4n) is 1.04. The Bertz CT molecular complexity index is 247. The van der Waals surface area contributed by atoms with Crippen LogP contribution in [0.2, 0.25) is 0 Å². The Balaban J connectivity index is 2.36. The van der Waals surface area contributed by atoms with Crippen molar-refractivity contribution in [2.45, 2.75) is 32.9 Å². The van der Waals surface area contributed by atoms with E-state index in [0.717, 1.165) is 13.0 Å². The zero-order chi connectivity index (χ0) is 9.68. The molecule has 0 spiro atoms. The van der Waals surface area contributed by atoms with Gasteiger partial charge in [0.25, 0.3) is 0 Å². The number of alkyl halides is 1. The molecular weight excluding hydrogens is 202 g/mol. The van der Waals surface area contributed by atoms with Crippen molar-refractivity contribution in [2.75, 3.05) is 5.88 Å². The third-order valence-electron chi connectivity index (χ3n) is 1.92. The van der Waals surface area contributed by atoms with E-state index in [1.807, 2.05) is 11.3 Å². The van der Waals surface area contributed by atoms with Crippen molar-refractivity contribution in [3.05, 3.63) is 21.9 Å². The van der Waals surface area contributed by atoms with Crippen LogP contribution in [0.15, 0.2) is 12.1 Å². The lowest BCUT2D eigenvalue weighted by molar-refractivity contribution is 0.598. The Hall–Kier alpha value is -0.0500. The van der Waals surface area contributed by atoms with Crippen molar-refractivity contribution in [3.63, 3.8) is 0 Å². The number of nitrogens with one attached hydrogen (secondary N) is 1. The van der Waals surface area contributed by atoms with E-state index >= 15 is 0 Å². The first-order chi connectivity index (χ1) is 6.26. The Kier molecular flexibility index (Phi) is 4.78. The summed E-state index contributed by atoms with van der Waals surface area (Å²) in [7, 11) is 0. The highest BCUT2D eigenvalue weighted by atomic mass is 35.5. The second kappa shape index (κ2) is 5.63. The van der Waals surface area contributed by atoms with Crippen molar-refractivity contribution >= 4 is 22.9 Å². The van der Waals surface area contributed by atoms with Crippen LogP contribution in [-0.4, -0.2) is 11.9 Å². The minimum Gasteiger partial charge on any atom is -0.308 e. The Morgan fingerprint density at radius 2 is 2.15 bits per heavy atom. The topological polar surface area (TPSA) is 12.0 Å². The molecule has 0 aliphatic rings. The maximum Gasteiger partial charge on any atom is 0.0374 e. The van der Waals surface area contributed by atoms with Gasteiger partial charge in [0, 0.05) is 28.2 Å². The third-order valence-corrected chi connectivity index (χ3v) is 3.61. The molecule has 1 aromatic heterocycles. The van der Waals surface area contributed by atoms with E-state index in [9.17, 15) is 0 Å². The van der Waals surface area contributed by atoms with E-state index in [4.69, 9.17) is 11.6 Å². The van der Waals surface area contributed by atoms with Gasteiger partial charge in [-0.05, 0) is 25.5 Å². The van der Waals surface area contributed by atoms with Gasteiger partial charge >= 0.3 is 0 Å². The summed E-state index contributed by atoms with van der Waals surface area (Å²) >= 11 is 7.57. The zero-order valence-electron chi connectivity index (χ0n) is 8.14. The van der Waals surface area contributed by atoms with E-state index in [1.54, 1.807) is 0 Å². The van der Waals surface area contributed by atoms with Crippen LogP contribution in [0.25, 0.3) is 0 Å². The van der Waals surface area contributed by atoms with Crippen LogP contribution in [0.3, 0.4) is 0 Å². The summed E-state index contributed by atoms with van der Waals surface area (Å²) in [6, 6.07) is 4.79. The van der Waals surface area contributed by atoms with Crippen LogP contribution in [0, 0.1) is 0 Å². The van der Waals surface area contributed by atoms with Crippen LogP contribution in [0.4, 0.5) is 0 Å². The smallest absolute Gasteiger partial charge is 0.0374 e. The molecule has 0 bridgehead atoms. The summed E-state index contributed by atoms with van der Waals surface area (Å²) in [6.07, 6.45) is 1.13.